The summed E-state index contributed by atoms with van der Waals surface area (Å²) in [6, 6.07) is 5.50. The molecule has 4 nitrogen and oxygen atoms in total. The van der Waals surface area contributed by atoms with Gasteiger partial charge in [0, 0.05) is 25.6 Å². The van der Waals surface area contributed by atoms with Crippen molar-refractivity contribution in [3.63, 3.8) is 0 Å². The number of nitrogens with one attached hydrogen (secondary N) is 1. The standard InChI is InChI=1S/C14H19NO3/c1-15-14(16)10-5-6-13(17-2)11(8-10)9-12-4-3-7-18-12/h5-6,8,12H,3-4,7,9H2,1-2H3,(H,15,16). The van der Waals surface area contributed by atoms with Crippen molar-refractivity contribution in [3.05, 3.63) is 29.3 Å². The third-order valence-electron chi connectivity index (χ3n) is 3.24. The van der Waals surface area contributed by atoms with E-state index in [1.807, 2.05) is 12.1 Å². The van der Waals surface area contributed by atoms with E-state index in [1.165, 1.54) is 0 Å². The van der Waals surface area contributed by atoms with Gasteiger partial charge in [-0.1, -0.05) is 0 Å². The van der Waals surface area contributed by atoms with Crippen molar-refractivity contribution in [1.82, 2.24) is 5.32 Å². The maximum atomic E-state index is 11.6. The minimum atomic E-state index is -0.0776. The van der Waals surface area contributed by atoms with Crippen LogP contribution in [0, 0.1) is 0 Å². The van der Waals surface area contributed by atoms with Gasteiger partial charge in [0.25, 0.3) is 5.91 Å². The molecule has 2 rings (SSSR count). The lowest BCUT2D eigenvalue weighted by molar-refractivity contribution is 0.0961. The molecule has 4 heteroatoms. The maximum Gasteiger partial charge on any atom is 0.251 e. The second-order valence-corrected chi connectivity index (χ2v) is 4.44. The van der Waals surface area contributed by atoms with Crippen LogP contribution in [0.15, 0.2) is 18.2 Å². The molecule has 1 aliphatic heterocycles. The largest absolute Gasteiger partial charge is 0.496 e. The van der Waals surface area contributed by atoms with Gasteiger partial charge in [0.2, 0.25) is 0 Å². The van der Waals surface area contributed by atoms with E-state index in [0.29, 0.717) is 5.56 Å². The smallest absolute Gasteiger partial charge is 0.251 e. The van der Waals surface area contributed by atoms with E-state index in [9.17, 15) is 4.79 Å². The monoisotopic (exact) mass is 249 g/mol. The second-order valence-electron chi connectivity index (χ2n) is 4.44. The summed E-state index contributed by atoms with van der Waals surface area (Å²) in [6.45, 7) is 0.835. The Labute approximate surface area is 107 Å². The van der Waals surface area contributed by atoms with Crippen LogP contribution < -0.4 is 10.1 Å². The van der Waals surface area contributed by atoms with E-state index in [-0.39, 0.29) is 12.0 Å². The highest BCUT2D eigenvalue weighted by Gasteiger charge is 2.18. The van der Waals surface area contributed by atoms with Crippen molar-refractivity contribution in [2.75, 3.05) is 20.8 Å². The number of amides is 1. The summed E-state index contributed by atoms with van der Waals surface area (Å²) in [5.41, 5.74) is 1.69. The molecule has 1 fully saturated rings. The average Bonchev–Trinajstić information content (AvgIpc) is 2.90. The van der Waals surface area contributed by atoms with E-state index < -0.39 is 0 Å². The Balaban J connectivity index is 2.21. The Morgan fingerprint density at radius 2 is 2.39 bits per heavy atom. The quantitative estimate of drug-likeness (QED) is 0.884. The fourth-order valence-corrected chi connectivity index (χ4v) is 2.27. The van der Waals surface area contributed by atoms with Crippen molar-refractivity contribution < 1.29 is 14.3 Å². The van der Waals surface area contributed by atoms with Crippen LogP contribution in [0.4, 0.5) is 0 Å². The van der Waals surface area contributed by atoms with E-state index in [2.05, 4.69) is 5.32 Å². The first-order valence-electron chi connectivity index (χ1n) is 6.25. The summed E-state index contributed by atoms with van der Waals surface area (Å²) >= 11 is 0. The fourth-order valence-electron chi connectivity index (χ4n) is 2.27. The molecule has 18 heavy (non-hydrogen) atoms. The molecule has 0 spiro atoms. The summed E-state index contributed by atoms with van der Waals surface area (Å²) in [5.74, 6) is 0.740. The normalized spacial score (nSPS) is 18.7. The third kappa shape index (κ3) is 2.82. The molecule has 1 aromatic rings. The molecule has 0 aromatic heterocycles. The highest BCUT2D eigenvalue weighted by atomic mass is 16.5. The number of rotatable bonds is 4. The number of hydrogen-bond donors (Lipinski definition) is 1. The molecular weight excluding hydrogens is 230 g/mol. The summed E-state index contributed by atoms with van der Waals surface area (Å²) in [6.07, 6.45) is 3.24. The zero-order chi connectivity index (χ0) is 13.0. The number of methoxy groups -OCH3 is 1. The Hall–Kier alpha value is -1.55. The van der Waals surface area contributed by atoms with Crippen molar-refractivity contribution in [2.24, 2.45) is 0 Å². The summed E-state index contributed by atoms with van der Waals surface area (Å²) in [7, 11) is 3.28. The van der Waals surface area contributed by atoms with Crippen LogP contribution in [-0.4, -0.2) is 32.8 Å². The van der Waals surface area contributed by atoms with Gasteiger partial charge in [0.05, 0.1) is 13.2 Å². The topological polar surface area (TPSA) is 47.6 Å². The highest BCUT2D eigenvalue weighted by molar-refractivity contribution is 5.94. The SMILES string of the molecule is CNC(=O)c1ccc(OC)c(CC2CCCO2)c1. The molecular formula is C14H19NO3. The van der Waals surface area contributed by atoms with Crippen LogP contribution in [0.2, 0.25) is 0 Å². The number of ether oxygens (including phenoxy) is 2. The second kappa shape index (κ2) is 5.87. The number of carbonyl (C=O) groups is 1. The highest BCUT2D eigenvalue weighted by Crippen LogP contribution is 2.25. The maximum absolute atomic E-state index is 11.6. The van der Waals surface area contributed by atoms with Gasteiger partial charge in [-0.25, -0.2) is 0 Å². The Morgan fingerprint density at radius 1 is 1.56 bits per heavy atom. The first-order valence-corrected chi connectivity index (χ1v) is 6.25. The van der Waals surface area contributed by atoms with Crippen LogP contribution in [0.25, 0.3) is 0 Å². The summed E-state index contributed by atoms with van der Waals surface area (Å²) in [5, 5.41) is 2.63. The van der Waals surface area contributed by atoms with E-state index in [4.69, 9.17) is 9.47 Å². The molecule has 98 valence electrons. The van der Waals surface area contributed by atoms with Gasteiger partial charge in [-0.15, -0.1) is 0 Å². The third-order valence-corrected chi connectivity index (χ3v) is 3.24. The molecule has 1 atom stereocenters. The number of carbonyl (C=O) groups excluding carboxylic acids is 1. The van der Waals surface area contributed by atoms with Gasteiger partial charge in [-0.05, 0) is 36.6 Å². The lowest BCUT2D eigenvalue weighted by Gasteiger charge is -2.14. The van der Waals surface area contributed by atoms with Gasteiger partial charge in [-0.2, -0.15) is 0 Å². The van der Waals surface area contributed by atoms with Gasteiger partial charge < -0.3 is 14.8 Å². The summed E-state index contributed by atoms with van der Waals surface area (Å²) in [4.78, 5) is 11.6. The van der Waals surface area contributed by atoms with E-state index in [1.54, 1.807) is 20.2 Å². The molecule has 1 aliphatic rings. The first-order chi connectivity index (χ1) is 8.74. The van der Waals surface area contributed by atoms with Crippen LogP contribution in [0.1, 0.15) is 28.8 Å². The zero-order valence-electron chi connectivity index (χ0n) is 10.9. The first kappa shape index (κ1) is 12.9. The Morgan fingerprint density at radius 3 is 3.00 bits per heavy atom. The molecule has 1 amide bonds. The average molecular weight is 249 g/mol. The van der Waals surface area contributed by atoms with Crippen molar-refractivity contribution in [2.45, 2.75) is 25.4 Å². The van der Waals surface area contributed by atoms with Crippen molar-refractivity contribution >= 4 is 5.91 Å². The minimum absolute atomic E-state index is 0.0776. The zero-order valence-corrected chi connectivity index (χ0v) is 10.9. The fraction of sp³-hybridized carbons (Fsp3) is 0.500. The van der Waals surface area contributed by atoms with E-state index >= 15 is 0 Å². The Kier molecular flexibility index (Phi) is 4.20. The summed E-state index contributed by atoms with van der Waals surface area (Å²) < 4.78 is 11.0. The van der Waals surface area contributed by atoms with E-state index in [0.717, 1.165) is 37.2 Å². The molecule has 1 unspecified atom stereocenters. The molecule has 1 aromatic carbocycles. The number of hydrogen-bond acceptors (Lipinski definition) is 3. The molecule has 0 aliphatic carbocycles. The van der Waals surface area contributed by atoms with Gasteiger partial charge in [-0.3, -0.25) is 4.79 Å². The van der Waals surface area contributed by atoms with Gasteiger partial charge in [0.15, 0.2) is 0 Å². The Bertz CT molecular complexity index is 425. The molecule has 0 saturated carbocycles. The molecule has 1 saturated heterocycles. The van der Waals surface area contributed by atoms with Crippen molar-refractivity contribution in [1.29, 1.82) is 0 Å². The van der Waals surface area contributed by atoms with Crippen molar-refractivity contribution in [3.8, 4) is 5.75 Å². The van der Waals surface area contributed by atoms with Crippen LogP contribution in [-0.2, 0) is 11.2 Å². The molecule has 1 N–H and O–H groups in total. The lowest BCUT2D eigenvalue weighted by atomic mass is 10.0. The van der Waals surface area contributed by atoms with Crippen LogP contribution in [0.3, 0.4) is 0 Å². The molecule has 1 heterocycles. The van der Waals surface area contributed by atoms with Crippen LogP contribution in [0.5, 0.6) is 5.75 Å². The minimum Gasteiger partial charge on any atom is -0.496 e. The number of benzene rings is 1. The molecule has 0 radical (unpaired) electrons. The van der Waals surface area contributed by atoms with Gasteiger partial charge >= 0.3 is 0 Å². The lowest BCUT2D eigenvalue weighted by Crippen LogP contribution is -2.18. The molecule has 0 bridgehead atoms. The van der Waals surface area contributed by atoms with Gasteiger partial charge in [0.1, 0.15) is 5.75 Å². The van der Waals surface area contributed by atoms with Crippen LogP contribution >= 0.6 is 0 Å². The predicted octanol–water partition coefficient (Wildman–Crippen LogP) is 1.78. The predicted molar refractivity (Wildman–Crippen MR) is 69.1 cm³/mol.